The van der Waals surface area contributed by atoms with Crippen LogP contribution in [-0.2, 0) is 4.79 Å². The summed E-state index contributed by atoms with van der Waals surface area (Å²) in [5.41, 5.74) is 4.28. The molecule has 3 aromatic rings. The first-order valence-electron chi connectivity index (χ1n) is 10.9. The number of piperazine rings is 1. The Morgan fingerprint density at radius 1 is 1.19 bits per heavy atom. The largest absolute Gasteiger partial charge is 0.368 e. The SMILES string of the molecule is Bc1cnc2[nH]ccc2c1N1CCN(C(=O)[C@H](CNC(C)C)c2ccc(Cl)cc2)CC1. The number of rotatable bonds is 6. The number of halogens is 1. The van der Waals surface area contributed by atoms with Gasteiger partial charge in [-0.25, -0.2) is 4.98 Å². The summed E-state index contributed by atoms with van der Waals surface area (Å²) in [6.07, 6.45) is 3.85. The fourth-order valence-electron chi connectivity index (χ4n) is 4.28. The molecule has 0 saturated carbocycles. The molecule has 2 N–H and O–H groups in total. The van der Waals surface area contributed by atoms with Crippen molar-refractivity contribution in [1.29, 1.82) is 0 Å². The Labute approximate surface area is 189 Å². The highest BCUT2D eigenvalue weighted by atomic mass is 35.5. The number of aromatic amines is 1. The van der Waals surface area contributed by atoms with E-state index in [1.165, 1.54) is 5.69 Å². The van der Waals surface area contributed by atoms with E-state index in [-0.39, 0.29) is 11.8 Å². The minimum atomic E-state index is -0.217. The molecule has 162 valence electrons. The molecule has 4 rings (SSSR count). The number of pyridine rings is 1. The molecule has 0 aliphatic carbocycles. The maximum atomic E-state index is 13.5. The zero-order valence-electron chi connectivity index (χ0n) is 18.4. The van der Waals surface area contributed by atoms with Gasteiger partial charge < -0.3 is 20.1 Å². The summed E-state index contributed by atoms with van der Waals surface area (Å²) in [7, 11) is 2.10. The number of carbonyl (C=O) groups excluding carboxylic acids is 1. The molecule has 3 heterocycles. The van der Waals surface area contributed by atoms with E-state index in [2.05, 4.69) is 47.9 Å². The Hall–Kier alpha value is -2.51. The minimum absolute atomic E-state index is 0.174. The van der Waals surface area contributed by atoms with Crippen molar-refractivity contribution >= 4 is 47.5 Å². The molecule has 31 heavy (non-hydrogen) atoms. The average Bonchev–Trinajstić information content (AvgIpc) is 3.23. The van der Waals surface area contributed by atoms with Crippen LogP contribution in [0.4, 0.5) is 5.69 Å². The van der Waals surface area contributed by atoms with Gasteiger partial charge in [0.05, 0.1) is 5.92 Å². The Balaban J connectivity index is 1.49. The number of aromatic nitrogens is 2. The van der Waals surface area contributed by atoms with E-state index in [1.807, 2.05) is 41.6 Å². The number of nitrogens with zero attached hydrogens (tertiary/aromatic N) is 3. The molecule has 1 aliphatic rings. The van der Waals surface area contributed by atoms with Gasteiger partial charge in [-0.2, -0.15) is 0 Å². The zero-order chi connectivity index (χ0) is 22.0. The van der Waals surface area contributed by atoms with E-state index >= 15 is 0 Å². The van der Waals surface area contributed by atoms with Gasteiger partial charge in [-0.15, -0.1) is 0 Å². The smallest absolute Gasteiger partial charge is 0.231 e. The maximum Gasteiger partial charge on any atom is 0.231 e. The summed E-state index contributed by atoms with van der Waals surface area (Å²) < 4.78 is 0. The van der Waals surface area contributed by atoms with Crippen molar-refractivity contribution in [3.05, 3.63) is 53.3 Å². The summed E-state index contributed by atoms with van der Waals surface area (Å²) >= 11 is 6.07. The molecule has 1 saturated heterocycles. The number of anilines is 1. The lowest BCUT2D eigenvalue weighted by Gasteiger charge is -2.38. The van der Waals surface area contributed by atoms with Crippen LogP contribution >= 0.6 is 11.6 Å². The molecular formula is C23H29BClN5O. The zero-order valence-corrected chi connectivity index (χ0v) is 19.1. The van der Waals surface area contributed by atoms with Crippen molar-refractivity contribution in [3.63, 3.8) is 0 Å². The number of fused-ring (bicyclic) bond motifs is 1. The van der Waals surface area contributed by atoms with Crippen LogP contribution in [0.25, 0.3) is 11.0 Å². The van der Waals surface area contributed by atoms with Crippen molar-refractivity contribution in [1.82, 2.24) is 20.2 Å². The number of amides is 1. The van der Waals surface area contributed by atoms with Gasteiger partial charge in [0.15, 0.2) is 0 Å². The van der Waals surface area contributed by atoms with Gasteiger partial charge >= 0.3 is 0 Å². The number of hydrogen-bond donors (Lipinski definition) is 2. The Morgan fingerprint density at radius 2 is 1.90 bits per heavy atom. The van der Waals surface area contributed by atoms with Crippen LogP contribution in [0.3, 0.4) is 0 Å². The van der Waals surface area contributed by atoms with E-state index in [1.54, 1.807) is 0 Å². The summed E-state index contributed by atoms with van der Waals surface area (Å²) in [5.74, 6) is -0.0429. The lowest BCUT2D eigenvalue weighted by atomic mass is 9.93. The van der Waals surface area contributed by atoms with E-state index in [9.17, 15) is 4.79 Å². The molecule has 2 aromatic heterocycles. The first-order chi connectivity index (χ1) is 14.9. The van der Waals surface area contributed by atoms with E-state index in [0.717, 1.165) is 35.1 Å². The Kier molecular flexibility index (Phi) is 6.53. The summed E-state index contributed by atoms with van der Waals surface area (Å²) in [6, 6.07) is 10.0. The first-order valence-corrected chi connectivity index (χ1v) is 11.3. The summed E-state index contributed by atoms with van der Waals surface area (Å²) in [5, 5.41) is 5.26. The second-order valence-corrected chi connectivity index (χ2v) is 8.95. The van der Waals surface area contributed by atoms with E-state index < -0.39 is 0 Å². The highest BCUT2D eigenvalue weighted by Crippen LogP contribution is 2.26. The number of benzene rings is 1. The van der Waals surface area contributed by atoms with Crippen molar-refractivity contribution in [2.45, 2.75) is 25.8 Å². The topological polar surface area (TPSA) is 64.3 Å². The fourth-order valence-corrected chi connectivity index (χ4v) is 4.41. The second-order valence-electron chi connectivity index (χ2n) is 8.51. The van der Waals surface area contributed by atoms with Crippen LogP contribution in [0.2, 0.25) is 5.02 Å². The number of nitrogens with one attached hydrogen (secondary N) is 2. The van der Waals surface area contributed by atoms with Crippen LogP contribution in [0.5, 0.6) is 0 Å². The Morgan fingerprint density at radius 3 is 2.58 bits per heavy atom. The second kappa shape index (κ2) is 9.33. The monoisotopic (exact) mass is 437 g/mol. The van der Waals surface area contributed by atoms with Crippen LogP contribution in [0, 0.1) is 0 Å². The number of H-pyrrole nitrogens is 1. The molecular weight excluding hydrogens is 409 g/mol. The van der Waals surface area contributed by atoms with Crippen LogP contribution < -0.4 is 15.7 Å². The number of carbonyl (C=O) groups is 1. The molecule has 0 spiro atoms. The molecule has 1 aliphatic heterocycles. The standard InChI is InChI=1S/C23H29BClN5O/c1-15(2)27-13-19(16-3-5-17(25)6-4-16)23(31)30-11-9-29(10-12-30)21-18-7-8-26-22(18)28-14-20(21)24/h3-8,14-15,19,27H,9-13,24H2,1-2H3,(H,26,28)/t19-/m1/s1. The molecule has 0 bridgehead atoms. The molecule has 1 atom stereocenters. The molecule has 8 heteroatoms. The highest BCUT2D eigenvalue weighted by Gasteiger charge is 2.29. The summed E-state index contributed by atoms with van der Waals surface area (Å²) in [4.78, 5) is 25.5. The van der Waals surface area contributed by atoms with Crippen LogP contribution in [-0.4, -0.2) is 67.4 Å². The third kappa shape index (κ3) is 4.73. The van der Waals surface area contributed by atoms with Crippen LogP contribution in [0.1, 0.15) is 25.3 Å². The molecule has 0 unspecified atom stereocenters. The lowest BCUT2D eigenvalue weighted by Crippen LogP contribution is -2.52. The van der Waals surface area contributed by atoms with Gasteiger partial charge in [0.2, 0.25) is 5.91 Å². The number of hydrogen-bond acceptors (Lipinski definition) is 4. The van der Waals surface area contributed by atoms with E-state index in [4.69, 9.17) is 11.6 Å². The normalized spacial score (nSPS) is 15.6. The minimum Gasteiger partial charge on any atom is -0.368 e. The van der Waals surface area contributed by atoms with Gasteiger partial charge in [0.1, 0.15) is 13.5 Å². The lowest BCUT2D eigenvalue weighted by molar-refractivity contribution is -0.133. The predicted octanol–water partition coefficient (Wildman–Crippen LogP) is 1.91. The van der Waals surface area contributed by atoms with Gasteiger partial charge in [0.25, 0.3) is 0 Å². The quantitative estimate of drug-likeness (QED) is 0.578. The predicted molar refractivity (Wildman–Crippen MR) is 130 cm³/mol. The van der Waals surface area contributed by atoms with Crippen LogP contribution in [0.15, 0.2) is 42.7 Å². The van der Waals surface area contributed by atoms with Gasteiger partial charge in [-0.05, 0) is 29.2 Å². The van der Waals surface area contributed by atoms with Crippen molar-refractivity contribution < 1.29 is 4.79 Å². The third-order valence-electron chi connectivity index (χ3n) is 5.95. The first kappa shape index (κ1) is 21.7. The highest BCUT2D eigenvalue weighted by molar-refractivity contribution is 6.37. The third-order valence-corrected chi connectivity index (χ3v) is 6.20. The molecule has 0 radical (unpaired) electrons. The molecule has 1 amide bonds. The van der Waals surface area contributed by atoms with Crippen molar-refractivity contribution in [2.75, 3.05) is 37.6 Å². The van der Waals surface area contributed by atoms with Gasteiger partial charge in [-0.3, -0.25) is 4.79 Å². The molecule has 6 nitrogen and oxygen atoms in total. The van der Waals surface area contributed by atoms with E-state index in [0.29, 0.717) is 30.7 Å². The Bertz CT molecular complexity index is 1040. The summed E-state index contributed by atoms with van der Waals surface area (Å²) in [6.45, 7) is 7.84. The molecule has 1 aromatic carbocycles. The molecule has 1 fully saturated rings. The fraction of sp³-hybridized carbons (Fsp3) is 0.391. The van der Waals surface area contributed by atoms with Gasteiger partial charge in [-0.1, -0.05) is 37.6 Å². The van der Waals surface area contributed by atoms with Crippen molar-refractivity contribution in [3.8, 4) is 0 Å². The van der Waals surface area contributed by atoms with Gasteiger partial charge in [0, 0.05) is 67.3 Å². The van der Waals surface area contributed by atoms with Crippen molar-refractivity contribution in [2.24, 2.45) is 0 Å². The maximum absolute atomic E-state index is 13.5. The average molecular weight is 438 g/mol.